The minimum Gasteiger partial charge on any atom is -0.271 e. The van der Waals surface area contributed by atoms with Gasteiger partial charge in [0, 0.05) is 5.02 Å². The lowest BCUT2D eigenvalue weighted by molar-refractivity contribution is 0.636. The summed E-state index contributed by atoms with van der Waals surface area (Å²) in [6.07, 6.45) is 1.04. The third-order valence-electron chi connectivity index (χ3n) is 3.29. The Morgan fingerprint density at radius 1 is 1.11 bits per heavy atom. The average Bonchev–Trinajstić information content (AvgIpc) is 2.39. The van der Waals surface area contributed by atoms with E-state index in [9.17, 15) is 0 Å². The number of nitrogens with one attached hydrogen (secondary N) is 1. The number of hydrazine groups is 1. The Labute approximate surface area is 119 Å². The van der Waals surface area contributed by atoms with Crippen molar-refractivity contribution in [2.75, 3.05) is 0 Å². The Hall–Kier alpha value is -1.35. The second-order valence-corrected chi connectivity index (χ2v) is 5.19. The van der Waals surface area contributed by atoms with Gasteiger partial charge in [-0.05, 0) is 47.7 Å². The molecule has 2 aromatic carbocycles. The maximum atomic E-state index is 6.12. The van der Waals surface area contributed by atoms with E-state index < -0.39 is 0 Å². The van der Waals surface area contributed by atoms with Crippen molar-refractivity contribution in [1.82, 2.24) is 5.43 Å². The summed E-state index contributed by atoms with van der Waals surface area (Å²) in [5.41, 5.74) is 7.54. The molecular weight excluding hydrogens is 256 g/mol. The van der Waals surface area contributed by atoms with Crippen LogP contribution in [0.5, 0.6) is 0 Å². The molecule has 2 nitrogen and oxygen atoms in total. The topological polar surface area (TPSA) is 38.0 Å². The van der Waals surface area contributed by atoms with Crippen molar-refractivity contribution in [2.45, 2.75) is 26.3 Å². The lowest BCUT2D eigenvalue weighted by Crippen LogP contribution is -2.28. The molecule has 0 fully saturated rings. The van der Waals surface area contributed by atoms with Gasteiger partial charge in [0.25, 0.3) is 0 Å². The molecule has 19 heavy (non-hydrogen) atoms. The van der Waals surface area contributed by atoms with Crippen LogP contribution in [-0.4, -0.2) is 0 Å². The predicted octanol–water partition coefficient (Wildman–Crippen LogP) is 3.76. The third-order valence-corrected chi connectivity index (χ3v) is 3.50. The average molecular weight is 275 g/mol. The minimum atomic E-state index is -0.0386. The summed E-state index contributed by atoms with van der Waals surface area (Å²) in [6, 6.07) is 14.5. The predicted molar refractivity (Wildman–Crippen MR) is 81.2 cm³/mol. The highest BCUT2D eigenvalue weighted by atomic mass is 35.5. The molecule has 0 spiro atoms. The van der Waals surface area contributed by atoms with Crippen LogP contribution in [0.25, 0.3) is 0 Å². The van der Waals surface area contributed by atoms with Crippen LogP contribution < -0.4 is 11.3 Å². The van der Waals surface area contributed by atoms with Gasteiger partial charge < -0.3 is 0 Å². The van der Waals surface area contributed by atoms with Crippen LogP contribution in [0.4, 0.5) is 0 Å². The molecule has 3 heteroatoms. The van der Waals surface area contributed by atoms with Gasteiger partial charge in [0.2, 0.25) is 0 Å². The molecule has 100 valence electrons. The Morgan fingerprint density at radius 3 is 2.32 bits per heavy atom. The highest BCUT2D eigenvalue weighted by Gasteiger charge is 2.13. The molecule has 0 heterocycles. The fraction of sp³-hybridized carbons (Fsp3) is 0.250. The number of halogens is 1. The van der Waals surface area contributed by atoms with Crippen molar-refractivity contribution < 1.29 is 0 Å². The maximum absolute atomic E-state index is 6.12. The molecule has 0 aliphatic heterocycles. The van der Waals surface area contributed by atoms with Crippen LogP contribution in [0.15, 0.2) is 42.5 Å². The smallest absolute Gasteiger partial charge is 0.0710 e. The van der Waals surface area contributed by atoms with E-state index in [1.165, 1.54) is 5.56 Å². The molecule has 1 unspecified atom stereocenters. The standard InChI is InChI=1S/C16H19ClN2/c1-3-12-4-6-13(7-5-12)16(19-18)14-8-11(2)9-15(17)10-14/h4-10,16,19H,3,18H2,1-2H3. The molecule has 0 aromatic heterocycles. The lowest BCUT2D eigenvalue weighted by Gasteiger charge is -2.18. The quantitative estimate of drug-likeness (QED) is 0.658. The first-order chi connectivity index (χ1) is 9.13. The monoisotopic (exact) mass is 274 g/mol. The third kappa shape index (κ3) is 3.35. The Kier molecular flexibility index (Phi) is 4.59. The van der Waals surface area contributed by atoms with E-state index in [1.54, 1.807) is 0 Å². The zero-order valence-electron chi connectivity index (χ0n) is 11.3. The zero-order chi connectivity index (χ0) is 13.8. The molecule has 2 aromatic rings. The first-order valence-corrected chi connectivity index (χ1v) is 6.84. The minimum absolute atomic E-state index is 0.0386. The van der Waals surface area contributed by atoms with Crippen molar-refractivity contribution in [3.8, 4) is 0 Å². The largest absolute Gasteiger partial charge is 0.271 e. The summed E-state index contributed by atoms with van der Waals surface area (Å²) in [6.45, 7) is 4.18. The summed E-state index contributed by atoms with van der Waals surface area (Å²) in [5.74, 6) is 5.71. The maximum Gasteiger partial charge on any atom is 0.0710 e. The van der Waals surface area contributed by atoms with E-state index in [-0.39, 0.29) is 6.04 Å². The van der Waals surface area contributed by atoms with E-state index in [0.29, 0.717) is 0 Å². The second kappa shape index (κ2) is 6.20. The van der Waals surface area contributed by atoms with E-state index in [4.69, 9.17) is 17.4 Å². The van der Waals surface area contributed by atoms with Crippen LogP contribution in [0, 0.1) is 6.92 Å². The van der Waals surface area contributed by atoms with Crippen LogP contribution >= 0.6 is 11.6 Å². The molecule has 3 N–H and O–H groups in total. The summed E-state index contributed by atoms with van der Waals surface area (Å²) in [5, 5.41) is 0.737. The molecule has 0 aliphatic carbocycles. The molecule has 0 saturated carbocycles. The molecule has 0 saturated heterocycles. The van der Waals surface area contributed by atoms with Gasteiger partial charge in [-0.3, -0.25) is 5.84 Å². The van der Waals surface area contributed by atoms with E-state index in [2.05, 4.69) is 42.7 Å². The first-order valence-electron chi connectivity index (χ1n) is 6.46. The van der Waals surface area contributed by atoms with E-state index >= 15 is 0 Å². The van der Waals surface area contributed by atoms with Crippen LogP contribution in [-0.2, 0) is 6.42 Å². The van der Waals surface area contributed by atoms with Gasteiger partial charge >= 0.3 is 0 Å². The Balaban J connectivity index is 2.37. The van der Waals surface area contributed by atoms with Crippen molar-refractivity contribution in [1.29, 1.82) is 0 Å². The number of hydrogen-bond acceptors (Lipinski definition) is 2. The molecule has 2 rings (SSSR count). The fourth-order valence-corrected chi connectivity index (χ4v) is 2.56. The highest BCUT2D eigenvalue weighted by Crippen LogP contribution is 2.25. The van der Waals surface area contributed by atoms with Crippen LogP contribution in [0.1, 0.15) is 35.2 Å². The summed E-state index contributed by atoms with van der Waals surface area (Å²) in [4.78, 5) is 0. The van der Waals surface area contributed by atoms with E-state index in [1.807, 2.05) is 19.1 Å². The number of hydrogen-bond donors (Lipinski definition) is 2. The van der Waals surface area contributed by atoms with Gasteiger partial charge in [0.1, 0.15) is 0 Å². The molecule has 0 bridgehead atoms. The number of aryl methyl sites for hydroxylation is 2. The van der Waals surface area contributed by atoms with Crippen molar-refractivity contribution in [3.63, 3.8) is 0 Å². The van der Waals surface area contributed by atoms with Gasteiger partial charge in [-0.1, -0.05) is 48.9 Å². The highest BCUT2D eigenvalue weighted by molar-refractivity contribution is 6.30. The molecule has 0 radical (unpaired) electrons. The van der Waals surface area contributed by atoms with Gasteiger partial charge in [-0.2, -0.15) is 0 Å². The zero-order valence-corrected chi connectivity index (χ0v) is 12.0. The van der Waals surface area contributed by atoms with Gasteiger partial charge in [-0.15, -0.1) is 0 Å². The van der Waals surface area contributed by atoms with Crippen molar-refractivity contribution in [2.24, 2.45) is 5.84 Å². The molecule has 0 amide bonds. The second-order valence-electron chi connectivity index (χ2n) is 4.76. The number of nitrogens with two attached hydrogens (primary N) is 1. The summed E-state index contributed by atoms with van der Waals surface area (Å²) < 4.78 is 0. The normalized spacial score (nSPS) is 12.4. The van der Waals surface area contributed by atoms with Crippen molar-refractivity contribution >= 4 is 11.6 Å². The summed E-state index contributed by atoms with van der Waals surface area (Å²) in [7, 11) is 0. The molecule has 1 atom stereocenters. The molecular formula is C16H19ClN2. The van der Waals surface area contributed by atoms with E-state index in [0.717, 1.165) is 28.1 Å². The van der Waals surface area contributed by atoms with Gasteiger partial charge in [-0.25, -0.2) is 5.43 Å². The van der Waals surface area contributed by atoms with Crippen LogP contribution in [0.3, 0.4) is 0 Å². The van der Waals surface area contributed by atoms with Gasteiger partial charge in [0.15, 0.2) is 0 Å². The lowest BCUT2D eigenvalue weighted by atomic mass is 9.97. The fourth-order valence-electron chi connectivity index (χ4n) is 2.26. The number of rotatable bonds is 4. The van der Waals surface area contributed by atoms with Gasteiger partial charge in [0.05, 0.1) is 6.04 Å². The Morgan fingerprint density at radius 2 is 1.79 bits per heavy atom. The first kappa shape index (κ1) is 14.1. The number of benzene rings is 2. The Bertz CT molecular complexity index is 529. The SMILES string of the molecule is CCc1ccc(C(NN)c2cc(C)cc(Cl)c2)cc1. The van der Waals surface area contributed by atoms with Crippen LogP contribution in [0.2, 0.25) is 5.02 Å². The summed E-state index contributed by atoms with van der Waals surface area (Å²) >= 11 is 6.12. The molecule has 0 aliphatic rings. The van der Waals surface area contributed by atoms with Crippen molar-refractivity contribution in [3.05, 3.63) is 69.7 Å².